The van der Waals surface area contributed by atoms with Gasteiger partial charge < -0.3 is 4.90 Å². The molecule has 3 aromatic rings. The fourth-order valence-electron chi connectivity index (χ4n) is 2.94. The fourth-order valence-corrected chi connectivity index (χ4v) is 3.14. The second-order valence-electron chi connectivity index (χ2n) is 6.45. The van der Waals surface area contributed by atoms with Gasteiger partial charge in [0.15, 0.2) is 0 Å². The maximum absolute atomic E-state index is 12.5. The SMILES string of the molecule is Cc1nn(-c2ccccc2)c(C)c1CN(C)C(=O)/C=C/c1ccccc1Cl. The lowest BCUT2D eigenvalue weighted by Crippen LogP contribution is -2.24. The Labute approximate surface area is 164 Å². The molecule has 0 spiro atoms. The zero-order chi connectivity index (χ0) is 19.4. The Balaban J connectivity index is 1.76. The summed E-state index contributed by atoms with van der Waals surface area (Å²) in [6.07, 6.45) is 3.29. The number of carbonyl (C=O) groups is 1. The second kappa shape index (κ2) is 8.23. The summed E-state index contributed by atoms with van der Waals surface area (Å²) in [6.45, 7) is 4.50. The molecular formula is C22H22ClN3O. The van der Waals surface area contributed by atoms with Gasteiger partial charge in [-0.25, -0.2) is 4.68 Å². The first-order chi connectivity index (χ1) is 13.0. The number of rotatable bonds is 5. The minimum Gasteiger partial charge on any atom is -0.338 e. The van der Waals surface area contributed by atoms with Crippen LogP contribution in [0, 0.1) is 13.8 Å². The van der Waals surface area contributed by atoms with Crippen molar-refractivity contribution in [1.82, 2.24) is 14.7 Å². The smallest absolute Gasteiger partial charge is 0.246 e. The van der Waals surface area contributed by atoms with Gasteiger partial charge in [0, 0.05) is 35.9 Å². The molecule has 1 aromatic heterocycles. The average molecular weight is 380 g/mol. The number of hydrogen-bond donors (Lipinski definition) is 0. The summed E-state index contributed by atoms with van der Waals surface area (Å²) in [5, 5.41) is 5.27. The Morgan fingerprint density at radius 1 is 1.11 bits per heavy atom. The molecule has 0 saturated heterocycles. The van der Waals surface area contributed by atoms with E-state index >= 15 is 0 Å². The standard InChI is InChI=1S/C22H22ClN3O/c1-16-20(17(2)26(24-16)19-10-5-4-6-11-19)15-25(3)22(27)14-13-18-9-7-8-12-21(18)23/h4-14H,15H2,1-3H3/b14-13+. The maximum Gasteiger partial charge on any atom is 0.246 e. The zero-order valence-corrected chi connectivity index (χ0v) is 16.4. The molecule has 4 nitrogen and oxygen atoms in total. The second-order valence-corrected chi connectivity index (χ2v) is 6.85. The molecule has 138 valence electrons. The molecule has 0 unspecified atom stereocenters. The quantitative estimate of drug-likeness (QED) is 0.596. The van der Waals surface area contributed by atoms with E-state index in [1.54, 1.807) is 30.2 Å². The number of aryl methyl sites for hydroxylation is 1. The van der Waals surface area contributed by atoms with Crippen molar-refractivity contribution in [3.8, 4) is 5.69 Å². The third kappa shape index (κ3) is 4.29. The molecule has 0 aliphatic rings. The van der Waals surface area contributed by atoms with Crippen LogP contribution in [0.4, 0.5) is 0 Å². The highest BCUT2D eigenvalue weighted by Gasteiger charge is 2.16. The van der Waals surface area contributed by atoms with E-state index in [4.69, 9.17) is 11.6 Å². The largest absolute Gasteiger partial charge is 0.338 e. The first-order valence-electron chi connectivity index (χ1n) is 8.75. The van der Waals surface area contributed by atoms with Gasteiger partial charge in [0.05, 0.1) is 11.4 Å². The topological polar surface area (TPSA) is 38.1 Å². The number of aromatic nitrogens is 2. The molecule has 0 aliphatic carbocycles. The van der Waals surface area contributed by atoms with E-state index in [9.17, 15) is 4.79 Å². The van der Waals surface area contributed by atoms with E-state index in [2.05, 4.69) is 5.10 Å². The Bertz CT molecular complexity index is 976. The van der Waals surface area contributed by atoms with Gasteiger partial charge >= 0.3 is 0 Å². The van der Waals surface area contributed by atoms with E-state index in [1.807, 2.05) is 67.1 Å². The summed E-state index contributed by atoms with van der Waals surface area (Å²) in [7, 11) is 1.79. The molecule has 1 heterocycles. The molecule has 2 aromatic carbocycles. The van der Waals surface area contributed by atoms with Crippen LogP contribution in [-0.4, -0.2) is 27.6 Å². The predicted molar refractivity (Wildman–Crippen MR) is 110 cm³/mol. The maximum atomic E-state index is 12.5. The predicted octanol–water partition coefficient (Wildman–Crippen LogP) is 4.81. The molecule has 0 N–H and O–H groups in total. The van der Waals surface area contributed by atoms with Gasteiger partial charge in [-0.15, -0.1) is 0 Å². The third-order valence-corrected chi connectivity index (χ3v) is 4.87. The molecule has 5 heteroatoms. The number of para-hydroxylation sites is 1. The summed E-state index contributed by atoms with van der Waals surface area (Å²) in [4.78, 5) is 14.2. The first kappa shape index (κ1) is 18.9. The molecule has 0 aliphatic heterocycles. The van der Waals surface area contributed by atoms with Crippen LogP contribution >= 0.6 is 11.6 Å². The van der Waals surface area contributed by atoms with Crippen LogP contribution in [0.5, 0.6) is 0 Å². The molecule has 0 saturated carbocycles. The first-order valence-corrected chi connectivity index (χ1v) is 9.13. The molecule has 27 heavy (non-hydrogen) atoms. The summed E-state index contributed by atoms with van der Waals surface area (Å²) in [5.74, 6) is -0.0822. The number of hydrogen-bond acceptors (Lipinski definition) is 2. The Morgan fingerprint density at radius 2 is 1.78 bits per heavy atom. The van der Waals surface area contributed by atoms with Crippen molar-refractivity contribution in [2.24, 2.45) is 0 Å². The number of halogens is 1. The summed E-state index contributed by atoms with van der Waals surface area (Å²) in [5.41, 5.74) is 4.85. The van der Waals surface area contributed by atoms with Crippen molar-refractivity contribution in [3.05, 3.63) is 88.2 Å². The van der Waals surface area contributed by atoms with Crippen LogP contribution in [0.3, 0.4) is 0 Å². The number of nitrogens with zero attached hydrogens (tertiary/aromatic N) is 3. The Hall–Kier alpha value is -2.85. The van der Waals surface area contributed by atoms with E-state index in [0.29, 0.717) is 11.6 Å². The summed E-state index contributed by atoms with van der Waals surface area (Å²) in [6, 6.07) is 17.4. The van der Waals surface area contributed by atoms with Gasteiger partial charge in [-0.3, -0.25) is 4.79 Å². The normalized spacial score (nSPS) is 11.1. The monoisotopic (exact) mass is 379 g/mol. The molecule has 0 bridgehead atoms. The fraction of sp³-hybridized carbons (Fsp3) is 0.182. The summed E-state index contributed by atoms with van der Waals surface area (Å²) < 4.78 is 1.92. The van der Waals surface area contributed by atoms with Gasteiger partial charge in [-0.05, 0) is 43.7 Å². The van der Waals surface area contributed by atoms with Crippen LogP contribution in [0.2, 0.25) is 5.02 Å². The van der Waals surface area contributed by atoms with Crippen LogP contribution in [0.1, 0.15) is 22.5 Å². The van der Waals surface area contributed by atoms with E-state index < -0.39 is 0 Å². The van der Waals surface area contributed by atoms with Gasteiger partial charge in [-0.2, -0.15) is 5.10 Å². The van der Waals surface area contributed by atoms with Crippen LogP contribution in [0.15, 0.2) is 60.7 Å². The van der Waals surface area contributed by atoms with E-state index in [1.165, 1.54) is 0 Å². The van der Waals surface area contributed by atoms with Crippen molar-refractivity contribution in [1.29, 1.82) is 0 Å². The highest BCUT2D eigenvalue weighted by atomic mass is 35.5. The molecular weight excluding hydrogens is 358 g/mol. The van der Waals surface area contributed by atoms with Crippen molar-refractivity contribution < 1.29 is 4.79 Å². The number of amides is 1. The number of benzene rings is 2. The highest BCUT2D eigenvalue weighted by Crippen LogP contribution is 2.20. The van der Waals surface area contributed by atoms with Gasteiger partial charge in [0.2, 0.25) is 5.91 Å². The average Bonchev–Trinajstić information content (AvgIpc) is 2.96. The van der Waals surface area contributed by atoms with Crippen molar-refractivity contribution in [3.63, 3.8) is 0 Å². The van der Waals surface area contributed by atoms with Crippen LogP contribution < -0.4 is 0 Å². The molecule has 0 atom stereocenters. The Kier molecular flexibility index (Phi) is 5.77. The Morgan fingerprint density at radius 3 is 2.48 bits per heavy atom. The molecule has 0 radical (unpaired) electrons. The summed E-state index contributed by atoms with van der Waals surface area (Å²) >= 11 is 6.13. The van der Waals surface area contributed by atoms with E-state index in [-0.39, 0.29) is 5.91 Å². The zero-order valence-electron chi connectivity index (χ0n) is 15.7. The minimum absolute atomic E-state index is 0.0822. The molecule has 0 fully saturated rings. The molecule has 1 amide bonds. The van der Waals surface area contributed by atoms with Crippen LogP contribution in [-0.2, 0) is 11.3 Å². The third-order valence-electron chi connectivity index (χ3n) is 4.52. The minimum atomic E-state index is -0.0822. The van der Waals surface area contributed by atoms with Gasteiger partial charge in [0.25, 0.3) is 0 Å². The van der Waals surface area contributed by atoms with Gasteiger partial charge in [0.1, 0.15) is 0 Å². The van der Waals surface area contributed by atoms with E-state index in [0.717, 1.165) is 28.2 Å². The van der Waals surface area contributed by atoms with Crippen molar-refractivity contribution in [2.75, 3.05) is 7.05 Å². The molecule has 3 rings (SSSR count). The highest BCUT2D eigenvalue weighted by molar-refractivity contribution is 6.32. The van der Waals surface area contributed by atoms with Crippen LogP contribution in [0.25, 0.3) is 11.8 Å². The number of likely N-dealkylation sites (N-methyl/N-ethyl adjacent to an activating group) is 1. The number of carbonyl (C=O) groups excluding carboxylic acids is 1. The van der Waals surface area contributed by atoms with Gasteiger partial charge in [-0.1, -0.05) is 48.0 Å². The van der Waals surface area contributed by atoms with Crippen molar-refractivity contribution >= 4 is 23.6 Å². The lowest BCUT2D eigenvalue weighted by atomic mass is 10.1. The lowest BCUT2D eigenvalue weighted by molar-refractivity contribution is -0.125. The lowest BCUT2D eigenvalue weighted by Gasteiger charge is -2.15. The van der Waals surface area contributed by atoms with Crippen molar-refractivity contribution in [2.45, 2.75) is 20.4 Å².